The summed E-state index contributed by atoms with van der Waals surface area (Å²) in [6.45, 7) is 4.86. The Bertz CT molecular complexity index is 268. The van der Waals surface area contributed by atoms with Crippen LogP contribution in [0.3, 0.4) is 0 Å². The minimum Gasteiger partial charge on any atom is -0.481 e. The summed E-state index contributed by atoms with van der Waals surface area (Å²) in [6, 6.07) is 10.7. The number of hydrogen-bond donors (Lipinski definition) is 1. The van der Waals surface area contributed by atoms with Crippen LogP contribution >= 0.6 is 0 Å². The fourth-order valence-corrected chi connectivity index (χ4v) is 4.30. The first-order valence-corrected chi connectivity index (χ1v) is 11.6. The van der Waals surface area contributed by atoms with Gasteiger partial charge < -0.3 is 10.6 Å². The van der Waals surface area contributed by atoms with Gasteiger partial charge in [-0.1, -0.05) is 0 Å². The Labute approximate surface area is 103 Å². The quantitative estimate of drug-likeness (QED) is 0.790. The molecule has 0 radical (unpaired) electrons. The minimum atomic E-state index is -0.833. The molecule has 0 aliphatic rings. The Hall–Kier alpha value is -0.675. The second-order valence-corrected chi connectivity index (χ2v) is 9.26. The summed E-state index contributed by atoms with van der Waals surface area (Å²) in [5.74, 6) is -0.833. The van der Waals surface area contributed by atoms with Gasteiger partial charge in [-0.15, -0.1) is 0 Å². The van der Waals surface area contributed by atoms with Crippen LogP contribution in [0.2, 0.25) is 0 Å². The number of carboxylic acids is 1. The van der Waals surface area contributed by atoms with Gasteiger partial charge in [0.05, 0.1) is 0 Å². The molecule has 1 aromatic carbocycles. The summed E-state index contributed by atoms with van der Waals surface area (Å²) in [6.07, 6.45) is 0. The van der Waals surface area contributed by atoms with Crippen LogP contribution in [0.15, 0.2) is 40.5 Å². The third-order valence-electron chi connectivity index (χ3n) is 1.48. The van der Waals surface area contributed by atoms with Crippen molar-refractivity contribution in [1.82, 2.24) is 0 Å². The van der Waals surface area contributed by atoms with Crippen molar-refractivity contribution in [2.24, 2.45) is 0 Å². The molecule has 0 aliphatic carbocycles. The Kier molecular flexibility index (Phi) is 12.7. The maximum absolute atomic E-state index is 9.00. The van der Waals surface area contributed by atoms with Gasteiger partial charge in [-0.3, -0.25) is 4.79 Å². The van der Waals surface area contributed by atoms with Gasteiger partial charge in [0.1, 0.15) is 0 Å². The molecule has 15 heavy (non-hydrogen) atoms. The predicted octanol–water partition coefficient (Wildman–Crippen LogP) is 1.68. The van der Waals surface area contributed by atoms with Crippen LogP contribution in [-0.4, -0.2) is 16.6 Å². The molecular weight excluding hydrogens is 381 g/mol. The van der Waals surface area contributed by atoms with E-state index < -0.39 is 30.5 Å². The van der Waals surface area contributed by atoms with Crippen molar-refractivity contribution < 1.29 is 40.0 Å². The van der Waals surface area contributed by atoms with Gasteiger partial charge in [-0.25, -0.2) is 0 Å². The Morgan fingerprint density at radius 2 is 1.93 bits per heavy atom. The molecule has 0 aromatic heterocycles. The molecule has 0 unspecified atom stereocenters. The summed E-state index contributed by atoms with van der Waals surface area (Å²) in [5.41, 5.74) is 1.49. The summed E-state index contributed by atoms with van der Waals surface area (Å²) in [7, 11) is 0. The number of hydrogen-bond acceptors (Lipinski definition) is 1. The molecule has 0 aliphatic heterocycles. The molecule has 0 amide bonds. The van der Waals surface area contributed by atoms with Gasteiger partial charge >= 0.3 is 74.6 Å². The summed E-state index contributed by atoms with van der Waals surface area (Å²) in [5, 5.41) is 7.42. The summed E-state index contributed by atoms with van der Waals surface area (Å²) in [4.78, 5) is 9.00. The molecule has 4 heteroatoms. The molecule has 0 saturated carbocycles. The van der Waals surface area contributed by atoms with Crippen LogP contribution in [0.1, 0.15) is 12.5 Å². The van der Waals surface area contributed by atoms with Gasteiger partial charge in [-0.2, -0.15) is 0 Å². The molecule has 0 heterocycles. The Balaban J connectivity index is 0. The van der Waals surface area contributed by atoms with Crippen molar-refractivity contribution >= 4 is 5.97 Å². The van der Waals surface area contributed by atoms with Crippen LogP contribution in [-0.2, 0) is 33.3 Å². The van der Waals surface area contributed by atoms with Gasteiger partial charge in [0.25, 0.3) is 5.97 Å². The van der Waals surface area contributed by atoms with Crippen molar-refractivity contribution in [1.29, 1.82) is 0 Å². The summed E-state index contributed by atoms with van der Waals surface area (Å²) >= 11 is -0.664. The van der Waals surface area contributed by atoms with E-state index in [0.717, 1.165) is 6.92 Å². The molecule has 0 saturated heterocycles. The van der Waals surface area contributed by atoms with Crippen molar-refractivity contribution in [3.8, 4) is 0 Å². The van der Waals surface area contributed by atoms with Crippen LogP contribution in [0, 0.1) is 0 Å². The van der Waals surface area contributed by atoms with Crippen LogP contribution < -0.4 is 0 Å². The number of rotatable bonds is 3. The van der Waals surface area contributed by atoms with E-state index in [-0.39, 0.29) is 5.48 Å². The third kappa shape index (κ3) is 13.3. The van der Waals surface area contributed by atoms with E-state index in [1.165, 1.54) is 9.49 Å². The SMILES string of the molecule is C=[CH][Hg][CH2]c1ccccc1.CC(=O)O.O. The number of carbonyl (C=O) groups is 1. The fraction of sp³-hybridized carbons (Fsp3) is 0.182. The van der Waals surface area contributed by atoms with E-state index in [2.05, 4.69) is 40.5 Å². The van der Waals surface area contributed by atoms with Crippen molar-refractivity contribution in [3.63, 3.8) is 0 Å². The number of benzene rings is 1. The Morgan fingerprint density at radius 1 is 1.47 bits per heavy atom. The van der Waals surface area contributed by atoms with E-state index in [1.807, 2.05) is 0 Å². The maximum atomic E-state index is 9.00. The van der Waals surface area contributed by atoms with Crippen molar-refractivity contribution in [3.05, 3.63) is 46.1 Å². The topological polar surface area (TPSA) is 68.8 Å². The minimum absolute atomic E-state index is 0. The normalized spacial score (nSPS) is 7.27. The second-order valence-electron chi connectivity index (χ2n) is 2.83. The molecule has 0 bridgehead atoms. The van der Waals surface area contributed by atoms with E-state index in [4.69, 9.17) is 9.90 Å². The number of aliphatic carboxylic acids is 1. The molecule has 1 rings (SSSR count). The zero-order valence-corrected chi connectivity index (χ0v) is 14.4. The molecule has 3 N–H and O–H groups in total. The molecule has 1 aromatic rings. The predicted molar refractivity (Wildman–Crippen MR) is 57.3 cm³/mol. The van der Waals surface area contributed by atoms with Gasteiger partial charge in [-0.05, 0) is 0 Å². The largest absolute Gasteiger partial charge is 0.481 e. The first-order chi connectivity index (χ1) is 6.66. The van der Waals surface area contributed by atoms with Crippen molar-refractivity contribution in [2.45, 2.75) is 10.9 Å². The molecule has 0 atom stereocenters. The molecule has 80 valence electrons. The molecule has 0 spiro atoms. The van der Waals surface area contributed by atoms with E-state index in [1.54, 1.807) is 0 Å². The zero-order chi connectivity index (χ0) is 10.8. The maximum Gasteiger partial charge on any atom is 0.300 e. The van der Waals surface area contributed by atoms with Crippen LogP contribution in [0.25, 0.3) is 0 Å². The first kappa shape index (κ1) is 16.7. The van der Waals surface area contributed by atoms with Gasteiger partial charge in [0, 0.05) is 6.92 Å². The Morgan fingerprint density at radius 3 is 2.33 bits per heavy atom. The van der Waals surface area contributed by atoms with Crippen molar-refractivity contribution in [2.75, 3.05) is 0 Å². The average molecular weight is 397 g/mol. The average Bonchev–Trinajstić information content (AvgIpc) is 2.15. The summed E-state index contributed by atoms with van der Waals surface area (Å²) < 4.78 is 3.51. The third-order valence-corrected chi connectivity index (χ3v) is 6.43. The standard InChI is InChI=1S/C7H7.C2H4O2.C2H3.Hg.H2O/c1-7-5-3-2-4-6-7;1-2(3)4;1-2;;/h2-6H,1H2;1H3,(H,3,4);1H,2H2;;1H2. The monoisotopic (exact) mass is 398 g/mol. The van der Waals surface area contributed by atoms with E-state index in [0.29, 0.717) is 0 Å². The molecule has 3 nitrogen and oxygen atoms in total. The smallest absolute Gasteiger partial charge is 0.300 e. The second kappa shape index (κ2) is 11.4. The number of carboxylic acid groups (broad SMARTS) is 1. The van der Waals surface area contributed by atoms with E-state index >= 15 is 0 Å². The van der Waals surface area contributed by atoms with Crippen LogP contribution in [0.5, 0.6) is 0 Å². The molecule has 0 fully saturated rings. The van der Waals surface area contributed by atoms with Gasteiger partial charge in [0.2, 0.25) is 0 Å². The van der Waals surface area contributed by atoms with E-state index in [9.17, 15) is 0 Å². The first-order valence-electron chi connectivity index (χ1n) is 4.51. The fourth-order valence-electron chi connectivity index (χ4n) is 0.913. The zero-order valence-electron chi connectivity index (χ0n) is 8.94. The van der Waals surface area contributed by atoms with Gasteiger partial charge in [0.15, 0.2) is 0 Å². The molecular formula is C11H16HgO3. The van der Waals surface area contributed by atoms with Crippen LogP contribution in [0.4, 0.5) is 0 Å².